The highest BCUT2D eigenvalue weighted by Crippen LogP contribution is 2.17. The van der Waals surface area contributed by atoms with E-state index in [4.69, 9.17) is 10.5 Å². The number of benzene rings is 1. The Labute approximate surface area is 155 Å². The number of ether oxygens (including phenoxy) is 1. The molecular weight excluding hydrogens is 351 g/mol. The first kappa shape index (κ1) is 18.6. The zero-order valence-electron chi connectivity index (χ0n) is 15.4. The molecule has 0 bridgehead atoms. The van der Waals surface area contributed by atoms with Crippen molar-refractivity contribution in [3.8, 4) is 5.75 Å². The molecule has 0 aliphatic rings. The molecule has 2 N–H and O–H groups in total. The SMILES string of the molecule is Cc1nc2nc(N)nn2c(C)c1CC(=O)N(C)CCOc1ccccc1F. The van der Waals surface area contributed by atoms with E-state index in [1.54, 1.807) is 30.1 Å². The molecule has 0 aliphatic carbocycles. The Morgan fingerprint density at radius 3 is 2.78 bits per heavy atom. The number of carbonyl (C=O) groups is 1. The predicted octanol–water partition coefficient (Wildman–Crippen LogP) is 1.54. The van der Waals surface area contributed by atoms with Crippen LogP contribution in [0.3, 0.4) is 0 Å². The number of likely N-dealkylation sites (N-methyl/N-ethyl adjacent to an activating group) is 1. The quantitative estimate of drug-likeness (QED) is 0.705. The molecule has 8 nitrogen and oxygen atoms in total. The van der Waals surface area contributed by atoms with Crippen LogP contribution < -0.4 is 10.5 Å². The second-order valence-electron chi connectivity index (χ2n) is 6.21. The largest absolute Gasteiger partial charge is 0.489 e. The van der Waals surface area contributed by atoms with Crippen LogP contribution >= 0.6 is 0 Å². The Morgan fingerprint density at radius 2 is 2.04 bits per heavy atom. The molecule has 9 heteroatoms. The lowest BCUT2D eigenvalue weighted by molar-refractivity contribution is -0.129. The van der Waals surface area contributed by atoms with Crippen molar-refractivity contribution in [1.29, 1.82) is 0 Å². The molecular formula is C18H21FN6O2. The first-order valence-corrected chi connectivity index (χ1v) is 8.46. The summed E-state index contributed by atoms with van der Waals surface area (Å²) in [5.41, 5.74) is 7.88. The second kappa shape index (κ2) is 7.56. The fourth-order valence-electron chi connectivity index (χ4n) is 2.74. The summed E-state index contributed by atoms with van der Waals surface area (Å²) in [5.74, 6) is 0.182. The zero-order valence-corrected chi connectivity index (χ0v) is 15.4. The lowest BCUT2D eigenvalue weighted by atomic mass is 10.1. The van der Waals surface area contributed by atoms with Gasteiger partial charge in [0.15, 0.2) is 11.6 Å². The van der Waals surface area contributed by atoms with E-state index in [1.165, 1.54) is 10.6 Å². The van der Waals surface area contributed by atoms with Crippen LogP contribution in [-0.4, -0.2) is 50.6 Å². The molecule has 3 rings (SSSR count). The molecule has 0 spiro atoms. The summed E-state index contributed by atoms with van der Waals surface area (Å²) in [5, 5.41) is 4.10. The summed E-state index contributed by atoms with van der Waals surface area (Å²) in [7, 11) is 1.68. The third-order valence-corrected chi connectivity index (χ3v) is 4.34. The Hall–Kier alpha value is -3.23. The van der Waals surface area contributed by atoms with E-state index >= 15 is 0 Å². The zero-order chi connectivity index (χ0) is 19.6. The van der Waals surface area contributed by atoms with Gasteiger partial charge < -0.3 is 15.4 Å². The molecule has 3 aromatic rings. The van der Waals surface area contributed by atoms with Crippen LogP contribution in [0.15, 0.2) is 24.3 Å². The molecule has 0 saturated carbocycles. The minimum absolute atomic E-state index is 0.104. The van der Waals surface area contributed by atoms with Gasteiger partial charge in [-0.25, -0.2) is 9.37 Å². The number of amides is 1. The number of carbonyl (C=O) groups excluding carboxylic acids is 1. The maximum Gasteiger partial charge on any atom is 0.254 e. The monoisotopic (exact) mass is 372 g/mol. The van der Waals surface area contributed by atoms with Crippen LogP contribution in [0.25, 0.3) is 5.78 Å². The number of nitrogens with two attached hydrogens (primary N) is 1. The number of anilines is 1. The summed E-state index contributed by atoms with van der Waals surface area (Å²) >= 11 is 0. The number of aromatic nitrogens is 4. The summed E-state index contributed by atoms with van der Waals surface area (Å²) in [6, 6.07) is 6.17. The number of hydrogen-bond donors (Lipinski definition) is 1. The van der Waals surface area contributed by atoms with Gasteiger partial charge in [-0.3, -0.25) is 4.79 Å². The van der Waals surface area contributed by atoms with Gasteiger partial charge in [0.2, 0.25) is 11.9 Å². The standard InChI is InChI=1S/C18H21FN6O2/c1-11-13(12(2)25-18(21-11)22-17(20)23-25)10-16(26)24(3)8-9-27-15-7-5-4-6-14(15)19/h4-7H,8-10H2,1-3H3,(H2,20,23). The highest BCUT2D eigenvalue weighted by molar-refractivity contribution is 5.79. The summed E-state index contributed by atoms with van der Waals surface area (Å²) in [6.45, 7) is 4.19. The van der Waals surface area contributed by atoms with E-state index in [0.29, 0.717) is 18.0 Å². The first-order valence-electron chi connectivity index (χ1n) is 8.46. The van der Waals surface area contributed by atoms with Crippen molar-refractivity contribution < 1.29 is 13.9 Å². The van der Waals surface area contributed by atoms with Crippen LogP contribution in [-0.2, 0) is 11.2 Å². The number of aryl methyl sites for hydroxylation is 2. The average molecular weight is 372 g/mol. The van der Waals surface area contributed by atoms with Gasteiger partial charge in [0.1, 0.15) is 6.61 Å². The van der Waals surface area contributed by atoms with Crippen LogP contribution in [0.5, 0.6) is 5.75 Å². The lowest BCUT2D eigenvalue weighted by Crippen LogP contribution is -2.32. The average Bonchev–Trinajstić information content (AvgIpc) is 3.00. The normalized spacial score (nSPS) is 11.0. The Morgan fingerprint density at radius 1 is 1.30 bits per heavy atom. The van der Waals surface area contributed by atoms with Gasteiger partial charge in [0, 0.05) is 24.0 Å². The number of para-hydroxylation sites is 1. The molecule has 27 heavy (non-hydrogen) atoms. The van der Waals surface area contributed by atoms with E-state index in [2.05, 4.69) is 15.1 Å². The molecule has 0 aliphatic heterocycles. The molecule has 2 aromatic heterocycles. The minimum atomic E-state index is -0.427. The van der Waals surface area contributed by atoms with Crippen LogP contribution in [0.2, 0.25) is 0 Å². The second-order valence-corrected chi connectivity index (χ2v) is 6.21. The Balaban J connectivity index is 1.64. The number of nitrogen functional groups attached to an aromatic ring is 1. The van der Waals surface area contributed by atoms with E-state index in [1.807, 2.05) is 13.8 Å². The van der Waals surface area contributed by atoms with Gasteiger partial charge in [-0.15, -0.1) is 5.10 Å². The third-order valence-electron chi connectivity index (χ3n) is 4.34. The molecule has 0 radical (unpaired) electrons. The number of halogens is 1. The van der Waals surface area contributed by atoms with Gasteiger partial charge in [-0.05, 0) is 26.0 Å². The molecule has 0 unspecified atom stereocenters. The van der Waals surface area contributed by atoms with Crippen LogP contribution in [0.1, 0.15) is 17.0 Å². The fourth-order valence-corrected chi connectivity index (χ4v) is 2.74. The van der Waals surface area contributed by atoms with Crippen molar-refractivity contribution in [1.82, 2.24) is 24.5 Å². The van der Waals surface area contributed by atoms with Gasteiger partial charge in [0.25, 0.3) is 5.78 Å². The third kappa shape index (κ3) is 3.97. The highest BCUT2D eigenvalue weighted by Gasteiger charge is 2.17. The van der Waals surface area contributed by atoms with Crippen molar-refractivity contribution in [2.24, 2.45) is 0 Å². The summed E-state index contributed by atoms with van der Waals surface area (Å²) in [6.07, 6.45) is 0.163. The van der Waals surface area contributed by atoms with Crippen molar-refractivity contribution in [2.45, 2.75) is 20.3 Å². The molecule has 0 fully saturated rings. The van der Waals surface area contributed by atoms with E-state index < -0.39 is 5.82 Å². The van der Waals surface area contributed by atoms with E-state index in [-0.39, 0.29) is 30.6 Å². The van der Waals surface area contributed by atoms with E-state index in [0.717, 1.165) is 11.3 Å². The van der Waals surface area contributed by atoms with Crippen molar-refractivity contribution in [2.75, 3.05) is 25.9 Å². The van der Waals surface area contributed by atoms with Crippen LogP contribution in [0.4, 0.5) is 10.3 Å². The predicted molar refractivity (Wildman–Crippen MR) is 97.9 cm³/mol. The maximum atomic E-state index is 13.5. The topological polar surface area (TPSA) is 98.6 Å². The molecule has 142 valence electrons. The molecule has 0 saturated heterocycles. The molecule has 1 aromatic carbocycles. The molecule has 1 amide bonds. The smallest absolute Gasteiger partial charge is 0.254 e. The summed E-state index contributed by atoms with van der Waals surface area (Å²) in [4.78, 5) is 22.5. The van der Waals surface area contributed by atoms with Crippen molar-refractivity contribution in [3.05, 3.63) is 47.0 Å². The number of rotatable bonds is 6. The highest BCUT2D eigenvalue weighted by atomic mass is 19.1. The first-order chi connectivity index (χ1) is 12.9. The number of hydrogen-bond acceptors (Lipinski definition) is 6. The number of nitrogens with zero attached hydrogens (tertiary/aromatic N) is 5. The van der Waals surface area contributed by atoms with Crippen LogP contribution in [0, 0.1) is 19.7 Å². The van der Waals surface area contributed by atoms with Gasteiger partial charge in [-0.2, -0.15) is 9.50 Å². The van der Waals surface area contributed by atoms with Gasteiger partial charge in [-0.1, -0.05) is 12.1 Å². The van der Waals surface area contributed by atoms with Gasteiger partial charge >= 0.3 is 0 Å². The lowest BCUT2D eigenvalue weighted by Gasteiger charge is -2.19. The minimum Gasteiger partial charge on any atom is -0.489 e. The molecule has 0 atom stereocenters. The Kier molecular flexibility index (Phi) is 5.20. The van der Waals surface area contributed by atoms with Crippen molar-refractivity contribution in [3.63, 3.8) is 0 Å². The van der Waals surface area contributed by atoms with Gasteiger partial charge in [0.05, 0.1) is 13.0 Å². The number of fused-ring (bicyclic) bond motifs is 1. The van der Waals surface area contributed by atoms with E-state index in [9.17, 15) is 9.18 Å². The Bertz CT molecular complexity index is 987. The fraction of sp³-hybridized carbons (Fsp3) is 0.333. The maximum absolute atomic E-state index is 13.5. The van der Waals surface area contributed by atoms with Crippen molar-refractivity contribution >= 4 is 17.6 Å². The summed E-state index contributed by atoms with van der Waals surface area (Å²) < 4.78 is 20.5. The molecule has 2 heterocycles.